The number of benzene rings is 2. The van der Waals surface area contributed by atoms with Crippen molar-refractivity contribution in [3.63, 3.8) is 0 Å². The van der Waals surface area contributed by atoms with E-state index >= 15 is 0 Å². The second-order valence-electron chi connectivity index (χ2n) is 8.13. The van der Waals surface area contributed by atoms with Crippen LogP contribution in [0.15, 0.2) is 54.6 Å². The quantitative estimate of drug-likeness (QED) is 0.759. The molecule has 4 heteroatoms. The van der Waals surface area contributed by atoms with Gasteiger partial charge in [-0.2, -0.15) is 0 Å². The van der Waals surface area contributed by atoms with E-state index in [-0.39, 0.29) is 29.6 Å². The van der Waals surface area contributed by atoms with Gasteiger partial charge in [-0.05, 0) is 61.5 Å². The molecule has 0 unspecified atom stereocenters. The van der Waals surface area contributed by atoms with Gasteiger partial charge in [0, 0.05) is 12.5 Å². The van der Waals surface area contributed by atoms with Gasteiger partial charge in [-0.25, -0.2) is 4.39 Å². The lowest BCUT2D eigenvalue weighted by atomic mass is 9.92. The molecule has 1 saturated heterocycles. The number of amides is 1. The van der Waals surface area contributed by atoms with E-state index in [1.807, 2.05) is 6.07 Å². The van der Waals surface area contributed by atoms with Crippen LogP contribution < -0.4 is 5.32 Å². The zero-order chi connectivity index (χ0) is 19.9. The molecule has 1 heterocycles. The Balaban J connectivity index is 1.49. The highest BCUT2D eigenvalue weighted by Crippen LogP contribution is 2.24. The Morgan fingerprint density at radius 3 is 2.32 bits per heavy atom. The summed E-state index contributed by atoms with van der Waals surface area (Å²) in [6.45, 7) is 7.14. The van der Waals surface area contributed by atoms with Crippen molar-refractivity contribution in [2.75, 3.05) is 19.6 Å². The smallest absolute Gasteiger partial charge is 0.223 e. The first kappa shape index (κ1) is 20.5. The standard InChI is InChI=1S/C24H31FN2O/c1-18(2)23(20-8-10-22(25)11-9-20)26-24(28)21-13-16-27(17-14-21)15-12-19-6-4-3-5-7-19/h3-11,18,21,23H,12-17H2,1-2H3,(H,26,28)/t23-/m0/s1. The second-order valence-corrected chi connectivity index (χ2v) is 8.13. The summed E-state index contributed by atoms with van der Waals surface area (Å²) in [5, 5.41) is 3.21. The number of carbonyl (C=O) groups is 1. The first-order valence-corrected chi connectivity index (χ1v) is 10.3. The van der Waals surface area contributed by atoms with Crippen LogP contribution in [0.3, 0.4) is 0 Å². The summed E-state index contributed by atoms with van der Waals surface area (Å²) in [5.74, 6) is 0.196. The average molecular weight is 383 g/mol. The Bertz CT molecular complexity index is 737. The van der Waals surface area contributed by atoms with Gasteiger partial charge in [-0.1, -0.05) is 56.3 Å². The zero-order valence-corrected chi connectivity index (χ0v) is 16.9. The SMILES string of the molecule is CC(C)[C@H](NC(=O)C1CCN(CCc2ccccc2)CC1)c1ccc(F)cc1. The van der Waals surface area contributed by atoms with Gasteiger partial charge < -0.3 is 10.2 Å². The predicted octanol–water partition coefficient (Wildman–Crippen LogP) is 4.59. The normalized spacial score (nSPS) is 16.9. The van der Waals surface area contributed by atoms with E-state index in [4.69, 9.17) is 0 Å². The van der Waals surface area contributed by atoms with E-state index < -0.39 is 0 Å². The molecule has 1 amide bonds. The number of hydrogen-bond donors (Lipinski definition) is 1. The molecule has 0 radical (unpaired) electrons. The number of nitrogens with zero attached hydrogens (tertiary/aromatic N) is 1. The molecule has 1 N–H and O–H groups in total. The Hall–Kier alpha value is -2.20. The minimum atomic E-state index is -0.250. The van der Waals surface area contributed by atoms with Gasteiger partial charge in [0.2, 0.25) is 5.91 Å². The van der Waals surface area contributed by atoms with Crippen LogP contribution in [0.4, 0.5) is 4.39 Å². The summed E-state index contributed by atoms with van der Waals surface area (Å²) < 4.78 is 13.2. The molecule has 0 bridgehead atoms. The maximum Gasteiger partial charge on any atom is 0.223 e. The molecule has 0 aliphatic carbocycles. The molecule has 1 atom stereocenters. The van der Waals surface area contributed by atoms with E-state index in [1.165, 1.54) is 17.7 Å². The molecular formula is C24H31FN2O. The molecule has 0 saturated carbocycles. The van der Waals surface area contributed by atoms with Gasteiger partial charge in [0.1, 0.15) is 5.82 Å². The van der Waals surface area contributed by atoms with Crippen molar-refractivity contribution in [1.82, 2.24) is 10.2 Å². The van der Waals surface area contributed by atoms with Gasteiger partial charge >= 0.3 is 0 Å². The molecule has 1 fully saturated rings. The molecular weight excluding hydrogens is 351 g/mol. The van der Waals surface area contributed by atoms with E-state index in [0.29, 0.717) is 0 Å². The lowest BCUT2D eigenvalue weighted by molar-refractivity contribution is -0.127. The van der Waals surface area contributed by atoms with Crippen molar-refractivity contribution in [2.24, 2.45) is 11.8 Å². The van der Waals surface area contributed by atoms with Crippen LogP contribution >= 0.6 is 0 Å². The number of nitrogens with one attached hydrogen (secondary N) is 1. The third-order valence-corrected chi connectivity index (χ3v) is 5.71. The lowest BCUT2D eigenvalue weighted by Gasteiger charge is -2.33. The Labute approximate surface area is 167 Å². The molecule has 150 valence electrons. The number of carbonyl (C=O) groups excluding carboxylic acids is 1. The summed E-state index contributed by atoms with van der Waals surface area (Å²) >= 11 is 0. The van der Waals surface area contributed by atoms with Crippen LogP contribution in [-0.4, -0.2) is 30.4 Å². The maximum atomic E-state index is 13.2. The number of rotatable bonds is 7. The second kappa shape index (κ2) is 9.83. The average Bonchev–Trinajstić information content (AvgIpc) is 2.72. The largest absolute Gasteiger partial charge is 0.349 e. The minimum Gasteiger partial charge on any atom is -0.349 e. The molecule has 2 aromatic carbocycles. The topological polar surface area (TPSA) is 32.3 Å². The van der Waals surface area contributed by atoms with Gasteiger partial charge in [0.15, 0.2) is 0 Å². The fourth-order valence-corrected chi connectivity index (χ4v) is 3.93. The van der Waals surface area contributed by atoms with E-state index in [1.54, 1.807) is 12.1 Å². The van der Waals surface area contributed by atoms with Crippen LogP contribution in [0.25, 0.3) is 0 Å². The van der Waals surface area contributed by atoms with Crippen molar-refractivity contribution in [1.29, 1.82) is 0 Å². The van der Waals surface area contributed by atoms with Crippen LogP contribution in [0.1, 0.15) is 43.9 Å². The van der Waals surface area contributed by atoms with Crippen molar-refractivity contribution in [3.8, 4) is 0 Å². The highest BCUT2D eigenvalue weighted by molar-refractivity contribution is 5.79. The summed E-state index contributed by atoms with van der Waals surface area (Å²) in [4.78, 5) is 15.3. The Kier molecular flexibility index (Phi) is 7.21. The Morgan fingerprint density at radius 2 is 1.71 bits per heavy atom. The minimum absolute atomic E-state index is 0.0645. The number of piperidine rings is 1. The number of hydrogen-bond acceptors (Lipinski definition) is 2. The van der Waals surface area contributed by atoms with Crippen molar-refractivity contribution in [3.05, 3.63) is 71.5 Å². The summed E-state index contributed by atoms with van der Waals surface area (Å²) in [6.07, 6.45) is 2.85. The molecule has 28 heavy (non-hydrogen) atoms. The fraction of sp³-hybridized carbons (Fsp3) is 0.458. The molecule has 3 rings (SSSR count). The monoisotopic (exact) mass is 382 g/mol. The Morgan fingerprint density at radius 1 is 1.07 bits per heavy atom. The molecule has 0 aromatic heterocycles. The summed E-state index contributed by atoms with van der Waals surface area (Å²) in [7, 11) is 0. The molecule has 1 aliphatic heterocycles. The number of likely N-dealkylation sites (tertiary alicyclic amines) is 1. The van der Waals surface area contributed by atoms with Gasteiger partial charge in [0.25, 0.3) is 0 Å². The van der Waals surface area contributed by atoms with Crippen molar-refractivity contribution >= 4 is 5.91 Å². The third kappa shape index (κ3) is 5.65. The lowest BCUT2D eigenvalue weighted by Crippen LogP contribution is -2.42. The van der Waals surface area contributed by atoms with Crippen LogP contribution in [0, 0.1) is 17.7 Å². The maximum absolute atomic E-state index is 13.2. The highest BCUT2D eigenvalue weighted by Gasteiger charge is 2.27. The molecule has 0 spiro atoms. The van der Waals surface area contributed by atoms with Gasteiger partial charge in [-0.3, -0.25) is 4.79 Å². The van der Waals surface area contributed by atoms with E-state index in [9.17, 15) is 9.18 Å². The predicted molar refractivity (Wildman–Crippen MR) is 111 cm³/mol. The van der Waals surface area contributed by atoms with Crippen LogP contribution in [0.5, 0.6) is 0 Å². The fourth-order valence-electron chi connectivity index (χ4n) is 3.93. The summed E-state index contributed by atoms with van der Waals surface area (Å²) in [6, 6.07) is 16.9. The molecule has 1 aliphatic rings. The van der Waals surface area contributed by atoms with E-state index in [0.717, 1.165) is 44.5 Å². The third-order valence-electron chi connectivity index (χ3n) is 5.71. The first-order valence-electron chi connectivity index (χ1n) is 10.3. The molecule has 3 nitrogen and oxygen atoms in total. The number of halogens is 1. The highest BCUT2D eigenvalue weighted by atomic mass is 19.1. The van der Waals surface area contributed by atoms with Crippen molar-refractivity contribution < 1.29 is 9.18 Å². The van der Waals surface area contributed by atoms with Crippen LogP contribution in [-0.2, 0) is 11.2 Å². The van der Waals surface area contributed by atoms with Crippen molar-refractivity contribution in [2.45, 2.75) is 39.2 Å². The van der Waals surface area contributed by atoms with E-state index in [2.05, 4.69) is 48.3 Å². The van der Waals surface area contributed by atoms with Gasteiger partial charge in [-0.15, -0.1) is 0 Å². The van der Waals surface area contributed by atoms with Gasteiger partial charge in [0.05, 0.1) is 6.04 Å². The molecule has 2 aromatic rings. The summed E-state index contributed by atoms with van der Waals surface area (Å²) in [5.41, 5.74) is 2.33. The zero-order valence-electron chi connectivity index (χ0n) is 16.9. The van der Waals surface area contributed by atoms with Crippen LogP contribution in [0.2, 0.25) is 0 Å². The first-order chi connectivity index (χ1) is 13.5.